The molecule has 0 N–H and O–H groups in total. The molecule has 0 saturated heterocycles. The van der Waals surface area contributed by atoms with E-state index in [2.05, 4.69) is 0 Å². The van der Waals surface area contributed by atoms with E-state index in [4.69, 9.17) is 4.74 Å². The fourth-order valence-electron chi connectivity index (χ4n) is 3.84. The van der Waals surface area contributed by atoms with Crippen molar-refractivity contribution in [1.29, 1.82) is 0 Å². The van der Waals surface area contributed by atoms with Crippen molar-refractivity contribution >= 4 is 24.0 Å². The molecule has 1 aliphatic rings. The molecule has 5 nitrogen and oxygen atoms in total. The van der Waals surface area contributed by atoms with Gasteiger partial charge in [0.15, 0.2) is 0 Å². The quantitative estimate of drug-likeness (QED) is 0.618. The molecule has 0 saturated carbocycles. The number of anilines is 1. The molecule has 0 aliphatic carbocycles. The number of hydrogen-bond donors (Lipinski definition) is 0. The van der Waals surface area contributed by atoms with Crippen LogP contribution in [0, 0.1) is 0 Å². The molecule has 164 valence electrons. The minimum Gasteiger partial charge on any atom is -0.443 e. The van der Waals surface area contributed by atoms with Crippen molar-refractivity contribution in [3.8, 4) is 0 Å². The summed E-state index contributed by atoms with van der Waals surface area (Å²) in [6.45, 7) is 4.93. The van der Waals surface area contributed by atoms with Gasteiger partial charge < -0.3 is 9.53 Å². The highest BCUT2D eigenvalue weighted by atomic mass is 19.4. The van der Waals surface area contributed by atoms with Gasteiger partial charge in [0.2, 0.25) is 0 Å². The predicted octanol–water partition coefficient (Wildman–Crippen LogP) is 5.25. The monoisotopic (exact) mass is 433 g/mol. The summed E-state index contributed by atoms with van der Waals surface area (Å²) >= 11 is 0. The Kier molecular flexibility index (Phi) is 5.69. The van der Waals surface area contributed by atoms with Crippen LogP contribution in [-0.4, -0.2) is 23.9 Å². The minimum absolute atomic E-state index is 0.0627. The first-order chi connectivity index (χ1) is 14.4. The molecule has 2 aromatic carbocycles. The van der Waals surface area contributed by atoms with Crippen LogP contribution < -0.4 is 4.90 Å². The molecule has 3 rings (SSSR count). The van der Waals surface area contributed by atoms with Crippen molar-refractivity contribution in [1.82, 2.24) is 0 Å². The third-order valence-corrected chi connectivity index (χ3v) is 5.07. The van der Waals surface area contributed by atoms with Gasteiger partial charge in [-0.1, -0.05) is 36.4 Å². The first kappa shape index (κ1) is 22.5. The van der Waals surface area contributed by atoms with Crippen molar-refractivity contribution in [3.63, 3.8) is 0 Å². The topological polar surface area (TPSA) is 63.7 Å². The van der Waals surface area contributed by atoms with Gasteiger partial charge in [-0.15, -0.1) is 0 Å². The normalized spacial score (nSPS) is 18.6. The first-order valence-corrected chi connectivity index (χ1v) is 9.70. The average molecular weight is 433 g/mol. The molecule has 0 aromatic heterocycles. The zero-order valence-corrected chi connectivity index (χ0v) is 17.3. The van der Waals surface area contributed by atoms with Crippen molar-refractivity contribution in [3.05, 3.63) is 65.2 Å². The zero-order chi connectivity index (χ0) is 23.0. The molecule has 31 heavy (non-hydrogen) atoms. The number of alkyl halides is 3. The van der Waals surface area contributed by atoms with Gasteiger partial charge in [-0.3, -0.25) is 4.79 Å². The number of rotatable bonds is 4. The van der Waals surface area contributed by atoms with Gasteiger partial charge in [0.25, 0.3) is 5.91 Å². The number of hydrogen-bond acceptors (Lipinski definition) is 4. The molecule has 1 atom stereocenters. The third-order valence-electron chi connectivity index (χ3n) is 5.07. The third kappa shape index (κ3) is 4.06. The van der Waals surface area contributed by atoms with Gasteiger partial charge in [-0.05, 0) is 50.5 Å². The lowest BCUT2D eigenvalue weighted by molar-refractivity contribution is -0.137. The SMILES string of the molecule is CC(C)(C)OC(=O)N1C(=O)[C@@](CCC=O)(c2cccc(C(F)(F)F)c2)c2ccccc21. The highest BCUT2D eigenvalue weighted by Gasteiger charge is 2.54. The summed E-state index contributed by atoms with van der Waals surface area (Å²) in [7, 11) is 0. The lowest BCUT2D eigenvalue weighted by atomic mass is 9.72. The Morgan fingerprint density at radius 1 is 1.10 bits per heavy atom. The molecular formula is C23H22F3NO4. The van der Waals surface area contributed by atoms with E-state index in [0.717, 1.165) is 17.0 Å². The summed E-state index contributed by atoms with van der Waals surface area (Å²) < 4.78 is 45.5. The zero-order valence-electron chi connectivity index (χ0n) is 17.3. The second-order valence-electron chi connectivity index (χ2n) is 8.33. The number of nitrogens with zero attached hydrogens (tertiary/aromatic N) is 1. The smallest absolute Gasteiger partial charge is 0.421 e. The van der Waals surface area contributed by atoms with Gasteiger partial charge in [0, 0.05) is 6.42 Å². The maximum Gasteiger partial charge on any atom is 0.421 e. The maximum atomic E-state index is 13.7. The van der Waals surface area contributed by atoms with Crippen LogP contribution in [0.3, 0.4) is 0 Å². The highest BCUT2D eigenvalue weighted by Crippen LogP contribution is 2.50. The average Bonchev–Trinajstić information content (AvgIpc) is 2.93. The summed E-state index contributed by atoms with van der Waals surface area (Å²) in [5, 5.41) is 0. The molecule has 2 aromatic rings. The standard InChI is InChI=1S/C23H22F3NO4/c1-21(2,3)31-20(30)27-18-11-5-4-10-17(18)22(19(27)29,12-7-13-28)15-8-6-9-16(14-15)23(24,25)26/h4-6,8-11,13-14H,7,12H2,1-3H3/t22-/m0/s1. The van der Waals surface area contributed by atoms with Gasteiger partial charge in [0.1, 0.15) is 17.3 Å². The van der Waals surface area contributed by atoms with E-state index in [1.54, 1.807) is 39.0 Å². The van der Waals surface area contributed by atoms with Crippen LogP contribution >= 0.6 is 0 Å². The van der Waals surface area contributed by atoms with E-state index < -0.39 is 34.8 Å². The van der Waals surface area contributed by atoms with Crippen LogP contribution in [0.5, 0.6) is 0 Å². The van der Waals surface area contributed by atoms with Gasteiger partial charge in [0.05, 0.1) is 11.3 Å². The number of fused-ring (bicyclic) bond motifs is 1. The Labute approximate surface area is 177 Å². The number of para-hydroxylation sites is 1. The first-order valence-electron chi connectivity index (χ1n) is 9.70. The van der Waals surface area contributed by atoms with E-state index in [9.17, 15) is 27.6 Å². The van der Waals surface area contributed by atoms with E-state index >= 15 is 0 Å². The molecule has 0 fully saturated rings. The Morgan fingerprint density at radius 2 is 1.77 bits per heavy atom. The molecule has 1 aliphatic heterocycles. The van der Waals surface area contributed by atoms with Crippen molar-refractivity contribution < 1.29 is 32.3 Å². The van der Waals surface area contributed by atoms with Crippen LogP contribution in [0.1, 0.15) is 50.3 Å². The summed E-state index contributed by atoms with van der Waals surface area (Å²) in [5.41, 5.74) is -2.80. The van der Waals surface area contributed by atoms with Crippen LogP contribution in [0.15, 0.2) is 48.5 Å². The van der Waals surface area contributed by atoms with Gasteiger partial charge in [-0.25, -0.2) is 9.69 Å². The molecule has 0 unspecified atom stereocenters. The van der Waals surface area contributed by atoms with Crippen LogP contribution in [0.2, 0.25) is 0 Å². The Hall–Kier alpha value is -3.16. The molecule has 0 bridgehead atoms. The van der Waals surface area contributed by atoms with Crippen LogP contribution in [-0.2, 0) is 25.9 Å². The number of aldehydes is 1. The fraction of sp³-hybridized carbons (Fsp3) is 0.348. The number of benzene rings is 2. The van der Waals surface area contributed by atoms with Crippen molar-refractivity contribution in [2.45, 2.75) is 50.8 Å². The van der Waals surface area contributed by atoms with E-state index in [0.29, 0.717) is 11.8 Å². The lowest BCUT2D eigenvalue weighted by Crippen LogP contribution is -2.46. The van der Waals surface area contributed by atoms with Crippen LogP contribution in [0.4, 0.5) is 23.7 Å². The van der Waals surface area contributed by atoms with E-state index in [1.807, 2.05) is 0 Å². The lowest BCUT2D eigenvalue weighted by Gasteiger charge is -2.30. The van der Waals surface area contributed by atoms with Crippen molar-refractivity contribution in [2.75, 3.05) is 4.90 Å². The second kappa shape index (κ2) is 7.83. The highest BCUT2D eigenvalue weighted by molar-refractivity contribution is 6.22. The van der Waals surface area contributed by atoms with Crippen LogP contribution in [0.25, 0.3) is 0 Å². The summed E-state index contributed by atoms with van der Waals surface area (Å²) in [6, 6.07) is 10.8. The molecule has 2 amide bonds. The Morgan fingerprint density at radius 3 is 2.39 bits per heavy atom. The summed E-state index contributed by atoms with van der Waals surface area (Å²) in [5.74, 6) is -0.746. The summed E-state index contributed by atoms with van der Waals surface area (Å²) in [6.07, 6.45) is -5.12. The van der Waals surface area contributed by atoms with Crippen molar-refractivity contribution in [2.24, 2.45) is 0 Å². The number of amides is 2. The molecule has 0 radical (unpaired) electrons. The van der Waals surface area contributed by atoms with Gasteiger partial charge >= 0.3 is 12.3 Å². The molecule has 0 spiro atoms. The number of carbonyl (C=O) groups excluding carboxylic acids is 3. The molecule has 1 heterocycles. The minimum atomic E-state index is -4.62. The maximum absolute atomic E-state index is 13.7. The Bertz CT molecular complexity index is 1030. The predicted molar refractivity (Wildman–Crippen MR) is 108 cm³/mol. The second-order valence-corrected chi connectivity index (χ2v) is 8.33. The van der Waals surface area contributed by atoms with Gasteiger partial charge in [-0.2, -0.15) is 13.2 Å². The fourth-order valence-corrected chi connectivity index (χ4v) is 3.84. The number of ether oxygens (including phenoxy) is 1. The molecule has 8 heteroatoms. The number of carbonyl (C=O) groups is 3. The van der Waals surface area contributed by atoms with E-state index in [1.165, 1.54) is 18.2 Å². The number of imide groups is 1. The van der Waals surface area contributed by atoms with E-state index in [-0.39, 0.29) is 24.1 Å². The summed E-state index contributed by atoms with van der Waals surface area (Å²) in [4.78, 5) is 38.6. The number of halogens is 3. The molecular weight excluding hydrogens is 411 g/mol. The Balaban J connectivity index is 2.24. The largest absolute Gasteiger partial charge is 0.443 e.